The average molecular weight is 356 g/mol. The van der Waals surface area contributed by atoms with E-state index < -0.39 is 5.60 Å². The number of hydrogen-bond acceptors (Lipinski definition) is 4. The number of nitrogens with zero attached hydrogens (tertiary/aromatic N) is 4. The lowest BCUT2D eigenvalue weighted by Crippen LogP contribution is -2.51. The molecule has 1 aromatic carbocycles. The summed E-state index contributed by atoms with van der Waals surface area (Å²) in [4.78, 5) is 16.5. The van der Waals surface area contributed by atoms with E-state index in [0.717, 1.165) is 18.8 Å². The molecule has 0 spiro atoms. The van der Waals surface area contributed by atoms with E-state index in [-0.39, 0.29) is 12.1 Å². The molecular weight excluding hydrogens is 328 g/mol. The summed E-state index contributed by atoms with van der Waals surface area (Å²) in [5.41, 5.74) is 1.93. The van der Waals surface area contributed by atoms with Gasteiger partial charge in [0.25, 0.3) is 0 Å². The van der Waals surface area contributed by atoms with Crippen LogP contribution in [0.3, 0.4) is 0 Å². The van der Waals surface area contributed by atoms with Gasteiger partial charge < -0.3 is 9.64 Å². The lowest BCUT2D eigenvalue weighted by Gasteiger charge is -2.39. The Labute approximate surface area is 155 Å². The third kappa shape index (κ3) is 4.25. The highest BCUT2D eigenvalue weighted by molar-refractivity contribution is 5.68. The molecule has 6 nitrogen and oxygen atoms in total. The minimum Gasteiger partial charge on any atom is -0.444 e. The third-order valence-corrected chi connectivity index (χ3v) is 4.59. The lowest BCUT2D eigenvalue weighted by molar-refractivity contribution is 0.0116. The predicted octanol–water partition coefficient (Wildman–Crippen LogP) is 3.06. The number of benzene rings is 1. The first kappa shape index (κ1) is 18.5. The van der Waals surface area contributed by atoms with E-state index in [4.69, 9.17) is 4.74 Å². The van der Waals surface area contributed by atoms with Crippen LogP contribution >= 0.6 is 0 Å². The number of carbonyl (C=O) groups is 1. The van der Waals surface area contributed by atoms with Crippen molar-refractivity contribution in [3.8, 4) is 0 Å². The predicted molar refractivity (Wildman–Crippen MR) is 101 cm³/mol. The van der Waals surface area contributed by atoms with Crippen LogP contribution in [0.1, 0.15) is 38.1 Å². The summed E-state index contributed by atoms with van der Waals surface area (Å²) < 4.78 is 7.43. The summed E-state index contributed by atoms with van der Waals surface area (Å²) in [5, 5.41) is 4.35. The fourth-order valence-electron chi connectivity index (χ4n) is 3.35. The molecule has 0 aliphatic carbocycles. The largest absolute Gasteiger partial charge is 0.444 e. The Morgan fingerprint density at radius 1 is 1.08 bits per heavy atom. The Kier molecular flexibility index (Phi) is 5.32. The van der Waals surface area contributed by atoms with Crippen LogP contribution in [0, 0.1) is 0 Å². The van der Waals surface area contributed by atoms with Gasteiger partial charge in [0, 0.05) is 39.4 Å². The van der Waals surface area contributed by atoms with Crippen LogP contribution in [-0.4, -0.2) is 57.5 Å². The van der Waals surface area contributed by atoms with Crippen molar-refractivity contribution in [3.63, 3.8) is 0 Å². The van der Waals surface area contributed by atoms with Crippen LogP contribution in [-0.2, 0) is 11.8 Å². The van der Waals surface area contributed by atoms with E-state index in [9.17, 15) is 4.79 Å². The second kappa shape index (κ2) is 7.50. The van der Waals surface area contributed by atoms with Gasteiger partial charge in [-0.2, -0.15) is 5.10 Å². The topological polar surface area (TPSA) is 50.6 Å². The van der Waals surface area contributed by atoms with Gasteiger partial charge in [-0.25, -0.2) is 4.79 Å². The van der Waals surface area contributed by atoms with E-state index in [0.29, 0.717) is 13.1 Å². The number of hydrogen-bond donors (Lipinski definition) is 0. The van der Waals surface area contributed by atoms with Crippen molar-refractivity contribution in [2.75, 3.05) is 26.2 Å². The van der Waals surface area contributed by atoms with E-state index in [2.05, 4.69) is 40.3 Å². The number of amides is 1. The Morgan fingerprint density at radius 2 is 1.73 bits per heavy atom. The Bertz CT molecular complexity index is 728. The van der Waals surface area contributed by atoms with Crippen molar-refractivity contribution in [1.29, 1.82) is 0 Å². The van der Waals surface area contributed by atoms with Gasteiger partial charge in [0.1, 0.15) is 5.60 Å². The van der Waals surface area contributed by atoms with Gasteiger partial charge >= 0.3 is 6.09 Å². The van der Waals surface area contributed by atoms with Crippen molar-refractivity contribution in [2.24, 2.45) is 7.05 Å². The van der Waals surface area contributed by atoms with Crippen molar-refractivity contribution in [3.05, 3.63) is 53.9 Å². The van der Waals surface area contributed by atoms with Crippen molar-refractivity contribution >= 4 is 6.09 Å². The molecule has 1 amide bonds. The average Bonchev–Trinajstić information content (AvgIpc) is 3.01. The standard InChI is InChI=1S/C20H28N4O2/c1-20(2,3)26-19(25)24-14-12-23(13-15-24)18(16-8-6-5-7-9-16)17-10-11-21-22(17)4/h5-11,18H,12-15H2,1-4H3. The molecule has 2 aromatic rings. The molecule has 1 saturated heterocycles. The number of aromatic nitrogens is 2. The van der Waals surface area contributed by atoms with E-state index >= 15 is 0 Å². The van der Waals surface area contributed by atoms with Gasteiger partial charge in [0.15, 0.2) is 0 Å². The molecule has 0 saturated carbocycles. The van der Waals surface area contributed by atoms with Gasteiger partial charge in [-0.1, -0.05) is 30.3 Å². The minimum absolute atomic E-state index is 0.129. The summed E-state index contributed by atoms with van der Waals surface area (Å²) in [7, 11) is 1.97. The SMILES string of the molecule is Cn1nccc1C(c1ccccc1)N1CCN(C(=O)OC(C)(C)C)CC1. The Morgan fingerprint density at radius 3 is 2.27 bits per heavy atom. The third-order valence-electron chi connectivity index (χ3n) is 4.59. The monoisotopic (exact) mass is 356 g/mol. The zero-order valence-corrected chi connectivity index (χ0v) is 16.1. The van der Waals surface area contributed by atoms with Crippen LogP contribution < -0.4 is 0 Å². The molecule has 1 fully saturated rings. The smallest absolute Gasteiger partial charge is 0.410 e. The molecule has 1 aliphatic rings. The molecule has 1 unspecified atom stereocenters. The molecule has 3 rings (SSSR count). The number of aryl methyl sites for hydroxylation is 1. The minimum atomic E-state index is -0.463. The maximum Gasteiger partial charge on any atom is 0.410 e. The first-order chi connectivity index (χ1) is 12.3. The summed E-state index contributed by atoms with van der Waals surface area (Å²) in [6.07, 6.45) is 1.61. The Hall–Kier alpha value is -2.34. The molecule has 0 N–H and O–H groups in total. The van der Waals surface area contributed by atoms with Gasteiger partial charge in [-0.15, -0.1) is 0 Å². The maximum atomic E-state index is 12.3. The Balaban J connectivity index is 1.74. The van der Waals surface area contributed by atoms with Crippen molar-refractivity contribution in [1.82, 2.24) is 19.6 Å². The van der Waals surface area contributed by atoms with Crippen LogP contribution in [0.15, 0.2) is 42.6 Å². The molecule has 0 radical (unpaired) electrons. The number of piperazine rings is 1. The normalized spacial score (nSPS) is 17.2. The first-order valence-electron chi connectivity index (χ1n) is 9.10. The second-order valence-electron chi connectivity index (χ2n) is 7.70. The van der Waals surface area contributed by atoms with E-state index in [1.807, 2.05) is 44.8 Å². The highest BCUT2D eigenvalue weighted by atomic mass is 16.6. The molecule has 6 heteroatoms. The molecule has 2 heterocycles. The van der Waals surface area contributed by atoms with E-state index in [1.165, 1.54) is 5.56 Å². The molecule has 26 heavy (non-hydrogen) atoms. The highest BCUT2D eigenvalue weighted by Crippen LogP contribution is 2.29. The second-order valence-corrected chi connectivity index (χ2v) is 7.70. The van der Waals surface area contributed by atoms with Crippen LogP contribution in [0.4, 0.5) is 4.79 Å². The molecule has 1 atom stereocenters. The molecule has 140 valence electrons. The first-order valence-corrected chi connectivity index (χ1v) is 9.10. The zero-order chi connectivity index (χ0) is 18.7. The molecular formula is C20H28N4O2. The molecule has 1 aliphatic heterocycles. The number of rotatable bonds is 3. The van der Waals surface area contributed by atoms with Crippen LogP contribution in [0.2, 0.25) is 0 Å². The van der Waals surface area contributed by atoms with Gasteiger partial charge in [-0.05, 0) is 32.4 Å². The summed E-state index contributed by atoms with van der Waals surface area (Å²) >= 11 is 0. The summed E-state index contributed by atoms with van der Waals surface area (Å²) in [6, 6.07) is 12.7. The van der Waals surface area contributed by atoms with E-state index in [1.54, 1.807) is 4.90 Å². The highest BCUT2D eigenvalue weighted by Gasteiger charge is 2.31. The quantitative estimate of drug-likeness (QED) is 0.848. The summed E-state index contributed by atoms with van der Waals surface area (Å²) in [5.74, 6) is 0. The van der Waals surface area contributed by atoms with Gasteiger partial charge in [0.05, 0.1) is 11.7 Å². The van der Waals surface area contributed by atoms with Gasteiger partial charge in [0.2, 0.25) is 0 Å². The van der Waals surface area contributed by atoms with Crippen LogP contribution in [0.25, 0.3) is 0 Å². The summed E-state index contributed by atoms with van der Waals surface area (Å²) in [6.45, 7) is 8.61. The number of ether oxygens (including phenoxy) is 1. The van der Waals surface area contributed by atoms with Crippen molar-refractivity contribution < 1.29 is 9.53 Å². The molecule has 1 aromatic heterocycles. The fraction of sp³-hybridized carbons (Fsp3) is 0.500. The lowest BCUT2D eigenvalue weighted by atomic mass is 10.0. The molecule has 0 bridgehead atoms. The van der Waals surface area contributed by atoms with Crippen LogP contribution in [0.5, 0.6) is 0 Å². The fourth-order valence-corrected chi connectivity index (χ4v) is 3.35. The zero-order valence-electron chi connectivity index (χ0n) is 16.1. The van der Waals surface area contributed by atoms with Gasteiger partial charge in [-0.3, -0.25) is 9.58 Å². The van der Waals surface area contributed by atoms with Crippen molar-refractivity contribution in [2.45, 2.75) is 32.4 Å². The maximum absolute atomic E-state index is 12.3. The number of carbonyl (C=O) groups excluding carboxylic acids is 1.